The summed E-state index contributed by atoms with van der Waals surface area (Å²) < 4.78 is 7.27. The fourth-order valence-electron chi connectivity index (χ4n) is 1.66. The summed E-state index contributed by atoms with van der Waals surface area (Å²) in [6.07, 6.45) is 3.82. The van der Waals surface area contributed by atoms with E-state index in [1.807, 2.05) is 36.7 Å². The lowest BCUT2D eigenvalue weighted by Gasteiger charge is -2.10. The van der Waals surface area contributed by atoms with E-state index >= 15 is 0 Å². The Balaban J connectivity index is 2.09. The van der Waals surface area contributed by atoms with Crippen LogP contribution in [0.25, 0.3) is 5.69 Å². The molecule has 0 bridgehead atoms. The molecule has 0 saturated heterocycles. The van der Waals surface area contributed by atoms with E-state index in [4.69, 9.17) is 4.74 Å². The van der Waals surface area contributed by atoms with E-state index in [1.165, 1.54) is 0 Å². The van der Waals surface area contributed by atoms with Crippen LogP contribution in [0.3, 0.4) is 0 Å². The number of thioether (sulfide) groups is 1. The minimum atomic E-state index is 0.866. The van der Waals surface area contributed by atoms with Crippen LogP contribution in [-0.4, -0.2) is 48.0 Å². The molecule has 1 aromatic heterocycles. The molecule has 0 N–H and O–H groups in total. The number of methoxy groups -OCH3 is 1. The van der Waals surface area contributed by atoms with Gasteiger partial charge in [0.15, 0.2) is 5.16 Å². The number of rotatable bonds is 6. The topological polar surface area (TPSA) is 30.3 Å². The molecule has 0 saturated carbocycles. The van der Waals surface area contributed by atoms with E-state index in [-0.39, 0.29) is 0 Å². The van der Waals surface area contributed by atoms with Crippen molar-refractivity contribution in [1.29, 1.82) is 0 Å². The van der Waals surface area contributed by atoms with Crippen LogP contribution in [-0.2, 0) is 0 Å². The van der Waals surface area contributed by atoms with Gasteiger partial charge in [0.1, 0.15) is 5.75 Å². The highest BCUT2D eigenvalue weighted by Crippen LogP contribution is 2.22. The average molecular weight is 277 g/mol. The number of nitrogens with zero attached hydrogens (tertiary/aromatic N) is 3. The van der Waals surface area contributed by atoms with Gasteiger partial charge in [0, 0.05) is 30.4 Å². The highest BCUT2D eigenvalue weighted by Gasteiger charge is 2.06. The largest absolute Gasteiger partial charge is 0.497 e. The van der Waals surface area contributed by atoms with Gasteiger partial charge in [-0.05, 0) is 38.4 Å². The van der Waals surface area contributed by atoms with Gasteiger partial charge in [-0.3, -0.25) is 4.57 Å². The van der Waals surface area contributed by atoms with Crippen LogP contribution < -0.4 is 4.74 Å². The van der Waals surface area contributed by atoms with Gasteiger partial charge in [-0.15, -0.1) is 0 Å². The summed E-state index contributed by atoms with van der Waals surface area (Å²) in [7, 11) is 5.84. The number of hydrogen-bond acceptors (Lipinski definition) is 4. The maximum Gasteiger partial charge on any atom is 0.172 e. The summed E-state index contributed by atoms with van der Waals surface area (Å²) in [5, 5.41) is 1.02. The second-order valence-electron chi connectivity index (χ2n) is 4.43. The van der Waals surface area contributed by atoms with E-state index in [9.17, 15) is 0 Å². The molecule has 2 aromatic rings. The Morgan fingerprint density at radius 2 is 2.00 bits per heavy atom. The second kappa shape index (κ2) is 6.63. The molecule has 102 valence electrons. The van der Waals surface area contributed by atoms with Crippen molar-refractivity contribution < 1.29 is 4.74 Å². The van der Waals surface area contributed by atoms with Gasteiger partial charge in [-0.2, -0.15) is 0 Å². The SMILES string of the molecule is COc1ccc(-n2ccnc2SCCN(C)C)cc1. The van der Waals surface area contributed by atoms with Crippen LogP contribution >= 0.6 is 11.8 Å². The number of imidazole rings is 1. The molecule has 0 aliphatic carbocycles. The first-order valence-corrected chi connectivity index (χ1v) is 7.14. The van der Waals surface area contributed by atoms with Gasteiger partial charge >= 0.3 is 0 Å². The zero-order chi connectivity index (χ0) is 13.7. The third-order valence-corrected chi connectivity index (χ3v) is 3.67. The highest BCUT2D eigenvalue weighted by molar-refractivity contribution is 7.99. The zero-order valence-electron chi connectivity index (χ0n) is 11.5. The Hall–Kier alpha value is -1.46. The molecule has 4 nitrogen and oxygen atoms in total. The van der Waals surface area contributed by atoms with Crippen molar-refractivity contribution in [3.05, 3.63) is 36.7 Å². The van der Waals surface area contributed by atoms with Crippen LogP contribution in [0, 0.1) is 0 Å². The van der Waals surface area contributed by atoms with Gasteiger partial charge in [0.25, 0.3) is 0 Å². The Morgan fingerprint density at radius 1 is 1.26 bits per heavy atom. The molecule has 2 rings (SSSR count). The summed E-state index contributed by atoms with van der Waals surface area (Å²) in [5.41, 5.74) is 1.10. The maximum absolute atomic E-state index is 5.17. The lowest BCUT2D eigenvalue weighted by atomic mass is 10.3. The van der Waals surface area contributed by atoms with Crippen LogP contribution in [0.2, 0.25) is 0 Å². The van der Waals surface area contributed by atoms with E-state index in [2.05, 4.69) is 28.5 Å². The van der Waals surface area contributed by atoms with Crippen molar-refractivity contribution in [2.75, 3.05) is 33.5 Å². The number of aromatic nitrogens is 2. The van der Waals surface area contributed by atoms with Crippen molar-refractivity contribution in [3.8, 4) is 11.4 Å². The molecule has 1 heterocycles. The van der Waals surface area contributed by atoms with Gasteiger partial charge in [-0.1, -0.05) is 11.8 Å². The second-order valence-corrected chi connectivity index (χ2v) is 5.49. The Bertz CT molecular complexity index is 508. The summed E-state index contributed by atoms with van der Waals surface area (Å²) in [6, 6.07) is 8.00. The first-order valence-electron chi connectivity index (χ1n) is 6.16. The number of benzene rings is 1. The molecule has 0 unspecified atom stereocenters. The van der Waals surface area contributed by atoms with E-state index in [0.29, 0.717) is 0 Å². The van der Waals surface area contributed by atoms with Gasteiger partial charge in [-0.25, -0.2) is 4.98 Å². The third-order valence-electron chi connectivity index (χ3n) is 2.73. The van der Waals surface area contributed by atoms with Crippen LogP contribution in [0.5, 0.6) is 5.75 Å². The van der Waals surface area contributed by atoms with Crippen molar-refractivity contribution in [1.82, 2.24) is 14.5 Å². The molecule has 5 heteroatoms. The molecule has 19 heavy (non-hydrogen) atoms. The van der Waals surface area contributed by atoms with Gasteiger partial charge in [0.05, 0.1) is 7.11 Å². The van der Waals surface area contributed by atoms with Crippen LogP contribution in [0.4, 0.5) is 0 Å². The van der Waals surface area contributed by atoms with E-state index < -0.39 is 0 Å². The van der Waals surface area contributed by atoms with E-state index in [1.54, 1.807) is 18.9 Å². The van der Waals surface area contributed by atoms with Crippen molar-refractivity contribution in [2.24, 2.45) is 0 Å². The minimum absolute atomic E-state index is 0.866. The Kier molecular flexibility index (Phi) is 4.87. The summed E-state index contributed by atoms with van der Waals surface area (Å²) in [6.45, 7) is 1.04. The first-order chi connectivity index (χ1) is 9.20. The molecule has 0 radical (unpaired) electrons. The summed E-state index contributed by atoms with van der Waals surface area (Å²) in [4.78, 5) is 6.58. The van der Waals surface area contributed by atoms with Crippen molar-refractivity contribution >= 4 is 11.8 Å². The average Bonchev–Trinajstić information content (AvgIpc) is 2.87. The molecule has 0 amide bonds. The molecular weight excluding hydrogens is 258 g/mol. The smallest absolute Gasteiger partial charge is 0.172 e. The quantitative estimate of drug-likeness (QED) is 0.759. The molecule has 0 spiro atoms. The minimum Gasteiger partial charge on any atom is -0.497 e. The van der Waals surface area contributed by atoms with Crippen molar-refractivity contribution in [2.45, 2.75) is 5.16 Å². The predicted molar refractivity (Wildman–Crippen MR) is 79.4 cm³/mol. The molecule has 0 atom stereocenters. The molecule has 0 fully saturated rings. The lowest BCUT2D eigenvalue weighted by molar-refractivity contribution is 0.414. The monoisotopic (exact) mass is 277 g/mol. The molecule has 0 aliphatic heterocycles. The van der Waals surface area contributed by atoms with Gasteiger partial charge < -0.3 is 9.64 Å². The lowest BCUT2D eigenvalue weighted by Crippen LogP contribution is -2.15. The number of hydrogen-bond donors (Lipinski definition) is 0. The van der Waals surface area contributed by atoms with Crippen LogP contribution in [0.1, 0.15) is 0 Å². The first kappa shape index (κ1) is 14.0. The normalized spacial score (nSPS) is 10.9. The fourth-order valence-corrected chi connectivity index (χ4v) is 2.74. The predicted octanol–water partition coefficient (Wildman–Crippen LogP) is 2.53. The van der Waals surface area contributed by atoms with E-state index in [0.717, 1.165) is 28.9 Å². The van der Waals surface area contributed by atoms with Gasteiger partial charge in [0.2, 0.25) is 0 Å². The highest BCUT2D eigenvalue weighted by atomic mass is 32.2. The molecule has 1 aromatic carbocycles. The molecular formula is C14H19N3OS. The van der Waals surface area contributed by atoms with Crippen molar-refractivity contribution in [3.63, 3.8) is 0 Å². The standard InChI is InChI=1S/C14H19N3OS/c1-16(2)10-11-19-14-15-8-9-17(14)12-4-6-13(18-3)7-5-12/h4-9H,10-11H2,1-3H3. The zero-order valence-corrected chi connectivity index (χ0v) is 12.4. The number of ether oxygens (including phenoxy) is 1. The Labute approximate surface area is 118 Å². The fraction of sp³-hybridized carbons (Fsp3) is 0.357. The Morgan fingerprint density at radius 3 is 2.63 bits per heavy atom. The summed E-state index contributed by atoms with van der Waals surface area (Å²) >= 11 is 1.77. The third kappa shape index (κ3) is 3.75. The molecule has 0 aliphatic rings. The summed E-state index contributed by atoms with van der Waals surface area (Å²) in [5.74, 6) is 1.89. The maximum atomic E-state index is 5.17. The van der Waals surface area contributed by atoms with Crippen LogP contribution in [0.15, 0.2) is 41.8 Å².